The molecule has 32 heavy (non-hydrogen) atoms. The highest BCUT2D eigenvalue weighted by atomic mass is 16.6. The maximum absolute atomic E-state index is 12.7. The van der Waals surface area contributed by atoms with Crippen molar-refractivity contribution in [1.82, 2.24) is 0 Å². The molecule has 0 aliphatic heterocycles. The summed E-state index contributed by atoms with van der Waals surface area (Å²) in [5.74, 6) is -3.32. The van der Waals surface area contributed by atoms with E-state index in [4.69, 9.17) is 18.9 Å². The van der Waals surface area contributed by atoms with Crippen LogP contribution in [0.1, 0.15) is 66.2 Å². The Bertz CT molecular complexity index is 651. The van der Waals surface area contributed by atoms with E-state index in [9.17, 15) is 19.2 Å². The number of carbonyl (C=O) groups excluding carboxylic acids is 4. The minimum atomic E-state index is -0.622. The lowest BCUT2D eigenvalue weighted by Gasteiger charge is -2.29. The molecule has 0 saturated heterocycles. The molecule has 180 valence electrons. The van der Waals surface area contributed by atoms with E-state index in [0.717, 1.165) is 12.8 Å². The van der Waals surface area contributed by atoms with Crippen LogP contribution in [-0.2, 0) is 38.1 Å². The Balaban J connectivity index is 2.65. The topological polar surface area (TPSA) is 105 Å². The second-order valence-electron chi connectivity index (χ2n) is 8.19. The number of ether oxygens (including phenoxy) is 4. The summed E-state index contributed by atoms with van der Waals surface area (Å²) < 4.78 is 21.3. The molecule has 1 saturated carbocycles. The summed E-state index contributed by atoms with van der Waals surface area (Å²) in [4.78, 5) is 48.8. The predicted octanol–water partition coefficient (Wildman–Crippen LogP) is 3.68. The maximum atomic E-state index is 12.7. The van der Waals surface area contributed by atoms with Crippen LogP contribution in [-0.4, -0.2) is 49.3 Å². The summed E-state index contributed by atoms with van der Waals surface area (Å²) in [6.45, 7) is 13.6. The highest BCUT2D eigenvalue weighted by Crippen LogP contribution is 2.32. The predicted molar refractivity (Wildman–Crippen MR) is 117 cm³/mol. The molecule has 0 aromatic heterocycles. The Morgan fingerprint density at radius 2 is 1.09 bits per heavy atom. The normalized spacial score (nSPS) is 19.8. The first-order valence-electron chi connectivity index (χ1n) is 11.2. The molecule has 0 radical (unpaired) electrons. The van der Waals surface area contributed by atoms with Crippen LogP contribution in [0.3, 0.4) is 0 Å². The van der Waals surface area contributed by atoms with Crippen LogP contribution in [0.5, 0.6) is 0 Å². The van der Waals surface area contributed by atoms with E-state index >= 15 is 0 Å². The Kier molecular flexibility index (Phi) is 11.7. The summed E-state index contributed by atoms with van der Waals surface area (Å²) in [6, 6.07) is 0. The first kappa shape index (κ1) is 27.4. The molecule has 1 fully saturated rings. The second kappa shape index (κ2) is 13.7. The smallest absolute Gasteiger partial charge is 0.333 e. The first-order chi connectivity index (χ1) is 15.1. The zero-order valence-corrected chi connectivity index (χ0v) is 19.6. The third-order valence-electron chi connectivity index (χ3n) is 5.35. The van der Waals surface area contributed by atoms with Gasteiger partial charge in [0.05, 0.1) is 11.8 Å². The van der Waals surface area contributed by atoms with Gasteiger partial charge >= 0.3 is 23.9 Å². The molecule has 1 aliphatic rings. The van der Waals surface area contributed by atoms with Gasteiger partial charge in [-0.3, -0.25) is 9.59 Å². The van der Waals surface area contributed by atoms with Crippen LogP contribution in [0.25, 0.3) is 0 Å². The van der Waals surface area contributed by atoms with Gasteiger partial charge < -0.3 is 18.9 Å². The fraction of sp³-hybridized carbons (Fsp3) is 0.667. The molecule has 0 amide bonds. The standard InChI is InChI=1S/C24H36O8/c1-7-17(31-21(25)15(3)4)13-29-23(27)19-11-9-10-12-20(19)24(28)30-14-18(8-2)32-22(26)16(5)6/h17-20H,3,5,7-14H2,1-2,4,6H3. The van der Waals surface area contributed by atoms with Crippen LogP contribution in [0.2, 0.25) is 0 Å². The Morgan fingerprint density at radius 1 is 0.750 bits per heavy atom. The van der Waals surface area contributed by atoms with Gasteiger partial charge in [-0.25, -0.2) is 9.59 Å². The van der Waals surface area contributed by atoms with Gasteiger partial charge in [-0.1, -0.05) is 39.8 Å². The van der Waals surface area contributed by atoms with Crippen LogP contribution < -0.4 is 0 Å². The summed E-state index contributed by atoms with van der Waals surface area (Å²) >= 11 is 0. The number of hydrogen-bond acceptors (Lipinski definition) is 8. The van der Waals surface area contributed by atoms with Gasteiger partial charge in [0, 0.05) is 11.1 Å². The Hall–Kier alpha value is -2.64. The molecule has 0 heterocycles. The van der Waals surface area contributed by atoms with Crippen molar-refractivity contribution in [1.29, 1.82) is 0 Å². The minimum absolute atomic E-state index is 0.0820. The van der Waals surface area contributed by atoms with Crippen molar-refractivity contribution in [3.8, 4) is 0 Å². The molecule has 1 aliphatic carbocycles. The highest BCUT2D eigenvalue weighted by molar-refractivity contribution is 5.87. The van der Waals surface area contributed by atoms with E-state index in [1.54, 1.807) is 13.8 Å². The van der Waals surface area contributed by atoms with Crippen molar-refractivity contribution in [2.45, 2.75) is 78.4 Å². The van der Waals surface area contributed by atoms with Gasteiger partial charge in [0.1, 0.15) is 25.4 Å². The molecular weight excluding hydrogens is 416 g/mol. The van der Waals surface area contributed by atoms with Gasteiger partial charge in [-0.2, -0.15) is 0 Å². The van der Waals surface area contributed by atoms with E-state index in [0.29, 0.717) is 25.7 Å². The quantitative estimate of drug-likeness (QED) is 0.251. The maximum Gasteiger partial charge on any atom is 0.333 e. The van der Waals surface area contributed by atoms with E-state index in [1.165, 1.54) is 0 Å². The van der Waals surface area contributed by atoms with Gasteiger partial charge in [0.2, 0.25) is 0 Å². The molecule has 0 spiro atoms. The van der Waals surface area contributed by atoms with Crippen molar-refractivity contribution in [2.24, 2.45) is 11.8 Å². The minimum Gasteiger partial charge on any atom is -0.462 e. The van der Waals surface area contributed by atoms with Gasteiger partial charge in [0.15, 0.2) is 0 Å². The van der Waals surface area contributed by atoms with Crippen molar-refractivity contribution < 1.29 is 38.1 Å². The second-order valence-corrected chi connectivity index (χ2v) is 8.19. The number of carbonyl (C=O) groups is 4. The number of hydrogen-bond donors (Lipinski definition) is 0. The molecule has 1 rings (SSSR count). The third kappa shape index (κ3) is 8.85. The lowest BCUT2D eigenvalue weighted by Crippen LogP contribution is -2.37. The van der Waals surface area contributed by atoms with Crippen molar-refractivity contribution >= 4 is 23.9 Å². The van der Waals surface area contributed by atoms with E-state index < -0.39 is 47.9 Å². The van der Waals surface area contributed by atoms with Crippen LogP contribution in [0.4, 0.5) is 0 Å². The Morgan fingerprint density at radius 3 is 1.38 bits per heavy atom. The lowest BCUT2D eigenvalue weighted by atomic mass is 9.79. The average Bonchev–Trinajstić information content (AvgIpc) is 2.78. The third-order valence-corrected chi connectivity index (χ3v) is 5.35. The van der Waals surface area contributed by atoms with Crippen molar-refractivity contribution in [3.05, 3.63) is 24.3 Å². The molecule has 0 aromatic rings. The SMILES string of the molecule is C=C(C)C(=O)OC(CC)COC(=O)C1CCCCC1C(=O)OCC(CC)OC(=O)C(=C)C. The number of rotatable bonds is 12. The molecule has 0 aromatic carbocycles. The molecule has 8 nitrogen and oxygen atoms in total. The van der Waals surface area contributed by atoms with E-state index in [1.807, 2.05) is 13.8 Å². The fourth-order valence-electron chi connectivity index (χ4n) is 3.23. The van der Waals surface area contributed by atoms with Crippen molar-refractivity contribution in [2.75, 3.05) is 13.2 Å². The van der Waals surface area contributed by atoms with Crippen LogP contribution in [0, 0.1) is 11.8 Å². The zero-order valence-electron chi connectivity index (χ0n) is 19.6. The zero-order chi connectivity index (χ0) is 24.3. The molecule has 4 unspecified atom stereocenters. The number of esters is 4. The largest absolute Gasteiger partial charge is 0.462 e. The summed E-state index contributed by atoms with van der Waals surface area (Å²) in [5.41, 5.74) is 0.536. The van der Waals surface area contributed by atoms with E-state index in [2.05, 4.69) is 13.2 Å². The van der Waals surface area contributed by atoms with Crippen LogP contribution >= 0.6 is 0 Å². The monoisotopic (exact) mass is 452 g/mol. The molecular formula is C24H36O8. The molecule has 0 N–H and O–H groups in total. The lowest BCUT2D eigenvalue weighted by molar-refractivity contribution is -0.169. The summed E-state index contributed by atoms with van der Waals surface area (Å²) in [7, 11) is 0. The Labute approximate surface area is 190 Å². The van der Waals surface area contributed by atoms with Crippen molar-refractivity contribution in [3.63, 3.8) is 0 Å². The average molecular weight is 453 g/mol. The summed E-state index contributed by atoms with van der Waals surface area (Å²) in [5, 5.41) is 0. The molecule has 4 atom stereocenters. The molecule has 8 heteroatoms. The summed E-state index contributed by atoms with van der Waals surface area (Å²) in [6.07, 6.45) is 2.44. The van der Waals surface area contributed by atoms with Gasteiger partial charge in [0.25, 0.3) is 0 Å². The van der Waals surface area contributed by atoms with Gasteiger partial charge in [-0.15, -0.1) is 0 Å². The fourth-order valence-corrected chi connectivity index (χ4v) is 3.23. The van der Waals surface area contributed by atoms with Crippen LogP contribution in [0.15, 0.2) is 24.3 Å². The van der Waals surface area contributed by atoms with E-state index in [-0.39, 0.29) is 24.4 Å². The highest BCUT2D eigenvalue weighted by Gasteiger charge is 2.38. The first-order valence-corrected chi connectivity index (χ1v) is 11.2. The van der Waals surface area contributed by atoms with Gasteiger partial charge in [-0.05, 0) is 39.5 Å². The molecule has 0 bridgehead atoms.